The van der Waals surface area contributed by atoms with Crippen molar-refractivity contribution < 1.29 is 0 Å². The highest BCUT2D eigenvalue weighted by atomic mass is 32.1. The van der Waals surface area contributed by atoms with Crippen LogP contribution in [-0.2, 0) is 6.42 Å². The molecule has 0 amide bonds. The molecule has 8 aromatic rings. The van der Waals surface area contributed by atoms with Crippen molar-refractivity contribution in [2.45, 2.75) is 12.8 Å². The van der Waals surface area contributed by atoms with Crippen LogP contribution < -0.4 is 0 Å². The smallest absolute Gasteiger partial charge is 0.0979 e. The zero-order valence-electron chi connectivity index (χ0n) is 23.4. The first-order valence-electron chi connectivity index (χ1n) is 14.8. The van der Waals surface area contributed by atoms with E-state index in [4.69, 9.17) is 9.97 Å². The molecule has 0 spiro atoms. The van der Waals surface area contributed by atoms with E-state index in [2.05, 4.69) is 127 Å². The number of hydrogen-bond donors (Lipinski definition) is 0. The molecule has 0 saturated heterocycles. The van der Waals surface area contributed by atoms with E-state index < -0.39 is 0 Å². The molecule has 43 heavy (non-hydrogen) atoms. The molecule has 2 heterocycles. The highest BCUT2D eigenvalue weighted by Crippen LogP contribution is 2.42. The Morgan fingerprint density at radius 1 is 0.558 bits per heavy atom. The van der Waals surface area contributed by atoms with Gasteiger partial charge in [-0.05, 0) is 63.6 Å². The predicted octanol–water partition coefficient (Wildman–Crippen LogP) is 11.1. The lowest BCUT2D eigenvalue weighted by molar-refractivity contribution is 1.02. The van der Waals surface area contributed by atoms with E-state index >= 15 is 0 Å². The first-order chi connectivity index (χ1) is 21.3. The van der Waals surface area contributed by atoms with Crippen LogP contribution in [-0.4, -0.2) is 9.97 Å². The summed E-state index contributed by atoms with van der Waals surface area (Å²) in [5.74, 6) is 0. The summed E-state index contributed by atoms with van der Waals surface area (Å²) in [5.41, 5.74) is 10.2. The number of allylic oxidation sites excluding steroid dienone is 1. The molecule has 0 saturated carbocycles. The molecule has 0 N–H and O–H groups in total. The highest BCUT2D eigenvalue weighted by molar-refractivity contribution is 7.20. The van der Waals surface area contributed by atoms with Crippen LogP contribution in [0.2, 0.25) is 0 Å². The minimum absolute atomic E-state index is 0.882. The maximum atomic E-state index is 5.22. The van der Waals surface area contributed by atoms with E-state index in [1.165, 1.54) is 53.6 Å². The summed E-state index contributed by atoms with van der Waals surface area (Å²) in [5, 5.41) is 6.06. The molecule has 0 unspecified atom stereocenters. The van der Waals surface area contributed by atoms with Crippen LogP contribution in [0.5, 0.6) is 0 Å². The topological polar surface area (TPSA) is 25.8 Å². The molecule has 202 valence electrons. The number of aryl methyl sites for hydroxylation is 1. The minimum atomic E-state index is 0.882. The predicted molar refractivity (Wildman–Crippen MR) is 184 cm³/mol. The largest absolute Gasteiger partial charge is 0.252 e. The van der Waals surface area contributed by atoms with E-state index in [-0.39, 0.29) is 0 Å². The van der Waals surface area contributed by atoms with Crippen LogP contribution >= 0.6 is 11.3 Å². The fourth-order valence-electron chi connectivity index (χ4n) is 6.69. The fraction of sp³-hybridized carbons (Fsp3) is 0.0500. The third-order valence-corrected chi connectivity index (χ3v) is 10.1. The maximum absolute atomic E-state index is 5.22. The molecule has 2 aromatic heterocycles. The molecule has 9 rings (SSSR count). The molecule has 0 atom stereocenters. The monoisotopic (exact) mass is 566 g/mol. The van der Waals surface area contributed by atoms with Gasteiger partial charge in [0, 0.05) is 31.3 Å². The lowest BCUT2D eigenvalue weighted by Crippen LogP contribution is -1.92. The van der Waals surface area contributed by atoms with Gasteiger partial charge in [0.2, 0.25) is 0 Å². The van der Waals surface area contributed by atoms with Crippen molar-refractivity contribution in [2.24, 2.45) is 0 Å². The van der Waals surface area contributed by atoms with Gasteiger partial charge in [0.25, 0.3) is 0 Å². The van der Waals surface area contributed by atoms with Crippen molar-refractivity contribution in [3.05, 3.63) is 138 Å². The second kappa shape index (κ2) is 9.72. The van der Waals surface area contributed by atoms with Crippen LogP contribution in [0.3, 0.4) is 0 Å². The van der Waals surface area contributed by atoms with Crippen LogP contribution in [0.25, 0.3) is 82.3 Å². The molecule has 0 aliphatic heterocycles. The van der Waals surface area contributed by atoms with Crippen molar-refractivity contribution in [3.8, 4) is 33.5 Å². The molecule has 0 fully saturated rings. The first-order valence-corrected chi connectivity index (χ1v) is 15.6. The second-order valence-electron chi connectivity index (χ2n) is 11.3. The molecular weight excluding hydrogens is 541 g/mol. The number of hydrogen-bond acceptors (Lipinski definition) is 3. The average molecular weight is 567 g/mol. The van der Waals surface area contributed by atoms with Gasteiger partial charge < -0.3 is 0 Å². The van der Waals surface area contributed by atoms with Gasteiger partial charge >= 0.3 is 0 Å². The molecule has 2 nitrogen and oxygen atoms in total. The Morgan fingerprint density at radius 2 is 1.19 bits per heavy atom. The lowest BCUT2D eigenvalue weighted by atomic mass is 9.95. The number of aromatic nitrogens is 2. The highest BCUT2D eigenvalue weighted by Gasteiger charge is 2.16. The van der Waals surface area contributed by atoms with E-state index in [9.17, 15) is 0 Å². The Hall–Kier alpha value is -5.12. The van der Waals surface area contributed by atoms with Crippen LogP contribution in [0, 0.1) is 0 Å². The van der Waals surface area contributed by atoms with Crippen molar-refractivity contribution in [1.29, 1.82) is 0 Å². The van der Waals surface area contributed by atoms with Gasteiger partial charge in [0.05, 0.1) is 22.9 Å². The van der Waals surface area contributed by atoms with E-state index in [0.717, 1.165) is 45.9 Å². The van der Waals surface area contributed by atoms with Gasteiger partial charge in [0.15, 0.2) is 0 Å². The summed E-state index contributed by atoms with van der Waals surface area (Å²) in [6, 6.07) is 41.4. The van der Waals surface area contributed by atoms with Gasteiger partial charge in [-0.25, -0.2) is 4.98 Å². The van der Waals surface area contributed by atoms with E-state index in [1.54, 1.807) is 0 Å². The van der Waals surface area contributed by atoms with Gasteiger partial charge in [-0.2, -0.15) is 0 Å². The fourth-order valence-corrected chi connectivity index (χ4v) is 8.02. The number of nitrogens with zero attached hydrogens (tertiary/aromatic N) is 2. The average Bonchev–Trinajstić information content (AvgIpc) is 3.47. The molecule has 0 radical (unpaired) electrons. The lowest BCUT2D eigenvalue weighted by Gasteiger charge is -2.11. The van der Waals surface area contributed by atoms with Crippen molar-refractivity contribution in [2.75, 3.05) is 0 Å². The first kappa shape index (κ1) is 24.5. The van der Waals surface area contributed by atoms with Gasteiger partial charge in [-0.3, -0.25) is 4.98 Å². The Balaban J connectivity index is 1.15. The third kappa shape index (κ3) is 3.93. The summed E-state index contributed by atoms with van der Waals surface area (Å²) in [4.78, 5) is 11.7. The Kier molecular flexibility index (Phi) is 5.53. The summed E-state index contributed by atoms with van der Waals surface area (Å²) in [6.07, 6.45) is 8.81. The molecule has 1 aliphatic rings. The molecule has 1 aliphatic carbocycles. The van der Waals surface area contributed by atoms with Gasteiger partial charge in [-0.15, -0.1) is 11.3 Å². The van der Waals surface area contributed by atoms with Crippen molar-refractivity contribution >= 4 is 60.1 Å². The number of rotatable bonds is 3. The van der Waals surface area contributed by atoms with Gasteiger partial charge in [-0.1, -0.05) is 115 Å². The Bertz CT molecular complexity index is 2380. The summed E-state index contributed by atoms with van der Waals surface area (Å²) < 4.78 is 1.39. The summed E-state index contributed by atoms with van der Waals surface area (Å²) in [7, 11) is 0. The van der Waals surface area contributed by atoms with Gasteiger partial charge in [0.1, 0.15) is 0 Å². The molecule has 3 heteroatoms. The summed E-state index contributed by atoms with van der Waals surface area (Å²) in [6.45, 7) is 0. The molecule has 0 bridgehead atoms. The van der Waals surface area contributed by atoms with Crippen molar-refractivity contribution in [3.63, 3.8) is 0 Å². The van der Waals surface area contributed by atoms with Crippen molar-refractivity contribution in [1.82, 2.24) is 9.97 Å². The SMILES string of the molecule is C1=Cc2c(sc3c(-c4cccc(-c5cccc(-c6cnc7c8ccccc8c8ccccc8c7n6)c5)c4)cccc23)CC1. The second-order valence-corrected chi connectivity index (χ2v) is 12.4. The zero-order chi connectivity index (χ0) is 28.3. The zero-order valence-corrected chi connectivity index (χ0v) is 24.2. The van der Waals surface area contributed by atoms with E-state index in [0.29, 0.717) is 0 Å². The maximum Gasteiger partial charge on any atom is 0.0979 e. The number of fused-ring (bicyclic) bond motifs is 9. The summed E-state index contributed by atoms with van der Waals surface area (Å²) >= 11 is 1.96. The third-order valence-electron chi connectivity index (χ3n) is 8.75. The molecule has 6 aromatic carbocycles. The standard InChI is InChI=1S/C40H26N2S/c1-3-17-33-30(14-1)31-15-2-4-18-34(31)39-38(33)41-24-36(42-39)28-13-8-11-26(23-28)25-10-7-12-27(22-25)29-19-9-20-35-32-16-5-6-21-37(32)43-40(29)35/h1-5,7-20,22-24H,6,21H2. The van der Waals surface area contributed by atoms with E-state index in [1.807, 2.05) is 17.5 Å². The normalized spacial score (nSPS) is 12.8. The Labute approximate surface area is 253 Å². The number of thiophene rings is 1. The molecular formula is C40H26N2S. The number of benzene rings is 6. The van der Waals surface area contributed by atoms with Crippen LogP contribution in [0.15, 0.2) is 128 Å². The van der Waals surface area contributed by atoms with Crippen LogP contribution in [0.4, 0.5) is 0 Å². The van der Waals surface area contributed by atoms with Crippen LogP contribution in [0.1, 0.15) is 16.9 Å². The quantitative estimate of drug-likeness (QED) is 0.199. The Morgan fingerprint density at radius 3 is 1.98 bits per heavy atom. The minimum Gasteiger partial charge on any atom is -0.252 e.